The van der Waals surface area contributed by atoms with Crippen molar-refractivity contribution in [3.63, 3.8) is 0 Å². The minimum absolute atomic E-state index is 0.213. The van der Waals surface area contributed by atoms with Crippen LogP contribution in [0.4, 0.5) is 0 Å². The Morgan fingerprint density at radius 3 is 2.52 bits per heavy atom. The van der Waals surface area contributed by atoms with Gasteiger partial charge in [-0.25, -0.2) is 13.1 Å². The van der Waals surface area contributed by atoms with Gasteiger partial charge in [-0.05, 0) is 61.4 Å². The van der Waals surface area contributed by atoms with Gasteiger partial charge in [0, 0.05) is 13.1 Å². The third kappa shape index (κ3) is 4.05. The lowest BCUT2D eigenvalue weighted by molar-refractivity contribution is 0.475. The molecule has 0 radical (unpaired) electrons. The number of nitrogens with one attached hydrogen (secondary N) is 2. The van der Waals surface area contributed by atoms with Crippen LogP contribution in [0.3, 0.4) is 0 Å². The Bertz CT molecular complexity index is 592. The van der Waals surface area contributed by atoms with Gasteiger partial charge in [0.25, 0.3) is 0 Å². The third-order valence-corrected chi connectivity index (χ3v) is 5.94. The first-order valence-corrected chi connectivity index (χ1v) is 9.21. The van der Waals surface area contributed by atoms with Crippen LogP contribution in [0.25, 0.3) is 0 Å². The van der Waals surface area contributed by atoms with E-state index in [0.717, 1.165) is 36.9 Å². The van der Waals surface area contributed by atoms with E-state index in [9.17, 15) is 8.42 Å². The van der Waals surface area contributed by atoms with E-state index in [1.165, 1.54) is 0 Å². The lowest BCUT2D eigenvalue weighted by Gasteiger charge is -2.15. The highest BCUT2D eigenvalue weighted by molar-refractivity contribution is 7.89. The second kappa shape index (κ2) is 6.46. The van der Waals surface area contributed by atoms with Crippen LogP contribution in [0.15, 0.2) is 23.1 Å². The number of hydrogen-bond donors (Lipinski definition) is 2. The molecule has 0 aromatic heterocycles. The van der Waals surface area contributed by atoms with Crippen molar-refractivity contribution in [2.75, 3.05) is 13.1 Å². The average Bonchev–Trinajstić information content (AvgIpc) is 3.25. The van der Waals surface area contributed by atoms with Gasteiger partial charge >= 0.3 is 0 Å². The quantitative estimate of drug-likeness (QED) is 0.776. The highest BCUT2D eigenvalue weighted by Crippen LogP contribution is 2.48. The van der Waals surface area contributed by atoms with E-state index in [0.29, 0.717) is 18.0 Å². The van der Waals surface area contributed by atoms with Crippen LogP contribution in [0, 0.1) is 12.3 Å². The van der Waals surface area contributed by atoms with E-state index in [1.54, 1.807) is 12.1 Å². The predicted molar refractivity (Wildman–Crippen MR) is 85.7 cm³/mol. The smallest absolute Gasteiger partial charge is 0.240 e. The minimum atomic E-state index is -3.41. The highest BCUT2D eigenvalue weighted by Gasteiger charge is 2.41. The van der Waals surface area contributed by atoms with Crippen LogP contribution < -0.4 is 10.0 Å². The van der Waals surface area contributed by atoms with Gasteiger partial charge in [-0.3, -0.25) is 0 Å². The largest absolute Gasteiger partial charge is 0.313 e. The van der Waals surface area contributed by atoms with E-state index >= 15 is 0 Å². The SMILES string of the molecule is CCNCc1cc(S(=O)(=O)NCC2(CC)CC2)ccc1C. The Hall–Kier alpha value is -0.910. The van der Waals surface area contributed by atoms with E-state index < -0.39 is 10.0 Å². The zero-order valence-electron chi connectivity index (χ0n) is 13.2. The Morgan fingerprint density at radius 2 is 1.95 bits per heavy atom. The van der Waals surface area contributed by atoms with Crippen LogP contribution in [-0.4, -0.2) is 21.5 Å². The molecule has 0 heterocycles. The molecular weight excluding hydrogens is 284 g/mol. The summed E-state index contributed by atoms with van der Waals surface area (Å²) in [6.45, 7) is 8.30. The predicted octanol–water partition coefficient (Wildman–Crippen LogP) is 2.57. The molecule has 1 aromatic carbocycles. The zero-order chi connectivity index (χ0) is 15.5. The number of sulfonamides is 1. The summed E-state index contributed by atoms with van der Waals surface area (Å²) in [5, 5.41) is 3.24. The first kappa shape index (κ1) is 16.5. The van der Waals surface area contributed by atoms with E-state index in [1.807, 2.05) is 19.9 Å². The lowest BCUT2D eigenvalue weighted by atomic mass is 10.1. The standard InChI is InChI=1S/C16H26N2O2S/c1-4-16(8-9-16)12-18-21(19,20)15-7-6-13(3)14(10-15)11-17-5-2/h6-7,10,17-18H,4-5,8-9,11-12H2,1-3H3. The molecule has 4 nitrogen and oxygen atoms in total. The van der Waals surface area contributed by atoms with Crippen LogP contribution in [-0.2, 0) is 16.6 Å². The monoisotopic (exact) mass is 310 g/mol. The van der Waals surface area contributed by atoms with Crippen molar-refractivity contribution in [1.82, 2.24) is 10.0 Å². The molecule has 5 heteroatoms. The number of rotatable bonds is 8. The zero-order valence-corrected chi connectivity index (χ0v) is 14.0. The van der Waals surface area contributed by atoms with Gasteiger partial charge in [-0.2, -0.15) is 0 Å². The fraction of sp³-hybridized carbons (Fsp3) is 0.625. The molecule has 0 spiro atoms. The summed E-state index contributed by atoms with van der Waals surface area (Å²) < 4.78 is 27.6. The molecule has 2 N–H and O–H groups in total. The van der Waals surface area contributed by atoms with Gasteiger partial charge in [-0.1, -0.05) is 19.9 Å². The van der Waals surface area contributed by atoms with Crippen molar-refractivity contribution in [2.24, 2.45) is 5.41 Å². The highest BCUT2D eigenvalue weighted by atomic mass is 32.2. The van der Waals surface area contributed by atoms with Crippen molar-refractivity contribution in [1.29, 1.82) is 0 Å². The third-order valence-electron chi connectivity index (χ3n) is 4.54. The maximum atomic E-state index is 12.4. The fourth-order valence-corrected chi connectivity index (χ4v) is 3.64. The molecule has 1 saturated carbocycles. The number of benzene rings is 1. The molecule has 1 aliphatic carbocycles. The van der Waals surface area contributed by atoms with Crippen molar-refractivity contribution in [2.45, 2.75) is 51.5 Å². The molecule has 1 aromatic rings. The van der Waals surface area contributed by atoms with Crippen molar-refractivity contribution < 1.29 is 8.42 Å². The second-order valence-corrected chi connectivity index (χ2v) is 7.81. The second-order valence-electron chi connectivity index (χ2n) is 6.05. The topological polar surface area (TPSA) is 58.2 Å². The van der Waals surface area contributed by atoms with Crippen molar-refractivity contribution in [3.05, 3.63) is 29.3 Å². The Balaban J connectivity index is 2.12. The van der Waals surface area contributed by atoms with E-state index in [2.05, 4.69) is 17.0 Å². The molecule has 0 amide bonds. The van der Waals surface area contributed by atoms with Crippen LogP contribution >= 0.6 is 0 Å². The van der Waals surface area contributed by atoms with Gasteiger partial charge in [0.1, 0.15) is 0 Å². The number of hydrogen-bond acceptors (Lipinski definition) is 3. The van der Waals surface area contributed by atoms with Crippen LogP contribution in [0.1, 0.15) is 44.2 Å². The summed E-state index contributed by atoms with van der Waals surface area (Å²) in [5.41, 5.74) is 2.36. The van der Waals surface area contributed by atoms with Crippen molar-refractivity contribution in [3.8, 4) is 0 Å². The summed E-state index contributed by atoms with van der Waals surface area (Å²) >= 11 is 0. The average molecular weight is 310 g/mol. The molecule has 0 bridgehead atoms. The van der Waals surface area contributed by atoms with Gasteiger partial charge in [-0.15, -0.1) is 0 Å². The molecule has 0 aliphatic heterocycles. The maximum absolute atomic E-state index is 12.4. The fourth-order valence-electron chi connectivity index (χ4n) is 2.43. The minimum Gasteiger partial charge on any atom is -0.313 e. The first-order chi connectivity index (χ1) is 9.92. The molecule has 0 unspecified atom stereocenters. The van der Waals surface area contributed by atoms with Gasteiger partial charge in [0.2, 0.25) is 10.0 Å². The molecular formula is C16H26N2O2S. The molecule has 1 fully saturated rings. The van der Waals surface area contributed by atoms with E-state index in [4.69, 9.17) is 0 Å². The molecule has 2 rings (SSSR count). The van der Waals surface area contributed by atoms with Crippen LogP contribution in [0.5, 0.6) is 0 Å². The maximum Gasteiger partial charge on any atom is 0.240 e. The summed E-state index contributed by atoms with van der Waals surface area (Å²) in [7, 11) is -3.41. The summed E-state index contributed by atoms with van der Waals surface area (Å²) in [4.78, 5) is 0.368. The Labute approximate surface area is 128 Å². The summed E-state index contributed by atoms with van der Waals surface area (Å²) in [5.74, 6) is 0. The summed E-state index contributed by atoms with van der Waals surface area (Å²) in [6, 6.07) is 5.36. The molecule has 118 valence electrons. The molecule has 0 atom stereocenters. The van der Waals surface area contributed by atoms with E-state index in [-0.39, 0.29) is 5.41 Å². The van der Waals surface area contributed by atoms with Gasteiger partial charge in [0.05, 0.1) is 4.90 Å². The Morgan fingerprint density at radius 1 is 1.24 bits per heavy atom. The summed E-state index contributed by atoms with van der Waals surface area (Å²) in [6.07, 6.45) is 3.30. The molecule has 21 heavy (non-hydrogen) atoms. The van der Waals surface area contributed by atoms with Crippen molar-refractivity contribution >= 4 is 10.0 Å². The Kier molecular flexibility index (Phi) is 5.07. The van der Waals surface area contributed by atoms with Gasteiger partial charge in [0.15, 0.2) is 0 Å². The number of aryl methyl sites for hydroxylation is 1. The molecule has 0 saturated heterocycles. The lowest BCUT2D eigenvalue weighted by Crippen LogP contribution is -2.30. The first-order valence-electron chi connectivity index (χ1n) is 7.72. The normalized spacial score (nSPS) is 16.9. The van der Waals surface area contributed by atoms with Gasteiger partial charge < -0.3 is 5.32 Å². The van der Waals surface area contributed by atoms with Crippen LogP contribution in [0.2, 0.25) is 0 Å². The molecule has 1 aliphatic rings.